The first kappa shape index (κ1) is 24.3. The van der Waals surface area contributed by atoms with Crippen molar-refractivity contribution >= 4 is 22.6 Å². The predicted octanol–water partition coefficient (Wildman–Crippen LogP) is 6.75. The number of nitrogens with zero attached hydrogens (tertiary/aromatic N) is 1. The van der Waals surface area contributed by atoms with E-state index in [-0.39, 0.29) is 11.7 Å². The molecule has 1 amide bonds. The van der Waals surface area contributed by atoms with E-state index in [0.717, 1.165) is 29.4 Å². The van der Waals surface area contributed by atoms with Gasteiger partial charge < -0.3 is 5.32 Å². The molecule has 4 rings (SSSR count). The van der Waals surface area contributed by atoms with Crippen LogP contribution >= 0.6 is 0 Å². The number of rotatable bonds is 9. The molecule has 3 aromatic carbocycles. The Labute approximate surface area is 205 Å². The van der Waals surface area contributed by atoms with E-state index < -0.39 is 5.82 Å². The van der Waals surface area contributed by atoms with Gasteiger partial charge in [0.2, 0.25) is 0 Å². The van der Waals surface area contributed by atoms with Crippen LogP contribution in [0.2, 0.25) is 0 Å². The van der Waals surface area contributed by atoms with E-state index in [1.807, 2.05) is 37.3 Å². The van der Waals surface area contributed by atoms with E-state index in [4.69, 9.17) is 0 Å². The van der Waals surface area contributed by atoms with Crippen molar-refractivity contribution in [2.75, 3.05) is 6.54 Å². The van der Waals surface area contributed by atoms with E-state index in [1.165, 1.54) is 6.07 Å². The molecule has 0 radical (unpaired) electrons. The van der Waals surface area contributed by atoms with E-state index in [9.17, 15) is 9.59 Å². The van der Waals surface area contributed by atoms with Crippen LogP contribution in [0.15, 0.2) is 72.9 Å². The molecule has 1 aromatic heterocycles. The lowest BCUT2D eigenvalue weighted by molar-refractivity contribution is 0.0951. The summed E-state index contributed by atoms with van der Waals surface area (Å²) in [5.74, 6) is -0.527. The number of amides is 1. The van der Waals surface area contributed by atoms with Crippen LogP contribution in [0, 0.1) is 5.82 Å². The molecule has 5 heteroatoms. The number of unbranched alkanes of at least 4 members (excludes halogenated alkanes) is 1. The van der Waals surface area contributed by atoms with Crippen LogP contribution in [0.3, 0.4) is 0 Å². The number of Topliss-reactive ketones (excluding diaryl/α,β-unsaturated/α-hetero) is 1. The zero-order valence-electron chi connectivity index (χ0n) is 20.1. The van der Waals surface area contributed by atoms with Crippen LogP contribution in [0.4, 0.5) is 4.39 Å². The van der Waals surface area contributed by atoms with Gasteiger partial charge in [0, 0.05) is 47.3 Å². The summed E-state index contributed by atoms with van der Waals surface area (Å²) in [5.41, 5.74) is 4.60. The molecule has 0 unspecified atom stereocenters. The molecule has 1 heterocycles. The van der Waals surface area contributed by atoms with Crippen molar-refractivity contribution in [3.8, 4) is 11.1 Å². The third-order valence-electron chi connectivity index (χ3n) is 6.19. The molecule has 4 aromatic rings. The number of aromatic nitrogens is 1. The first-order valence-electron chi connectivity index (χ1n) is 12.1. The van der Waals surface area contributed by atoms with E-state index in [2.05, 4.69) is 17.2 Å². The highest BCUT2D eigenvalue weighted by atomic mass is 19.1. The molecule has 0 saturated carbocycles. The number of fused-ring (bicyclic) bond motifs is 1. The van der Waals surface area contributed by atoms with Gasteiger partial charge in [-0.3, -0.25) is 14.6 Å². The van der Waals surface area contributed by atoms with Gasteiger partial charge in [-0.1, -0.05) is 62.7 Å². The van der Waals surface area contributed by atoms with Crippen molar-refractivity contribution in [3.63, 3.8) is 0 Å². The zero-order chi connectivity index (χ0) is 24.8. The van der Waals surface area contributed by atoms with Crippen molar-refractivity contribution in [1.29, 1.82) is 0 Å². The summed E-state index contributed by atoms with van der Waals surface area (Å²) in [6.07, 6.45) is 4.41. The highest BCUT2D eigenvalue weighted by Gasteiger charge is 2.18. The SMILES string of the molecule is CCCCNC(=O)c1ccc(-c2cc3c(Cc4ccccc4)c(C(=O)CC)cnc3cc2F)cc1. The van der Waals surface area contributed by atoms with Gasteiger partial charge in [-0.25, -0.2) is 4.39 Å². The molecular weight excluding hydrogens is 439 g/mol. The van der Waals surface area contributed by atoms with E-state index in [0.29, 0.717) is 47.2 Å². The Balaban J connectivity index is 1.77. The second-order valence-corrected chi connectivity index (χ2v) is 8.63. The fourth-order valence-electron chi connectivity index (χ4n) is 4.19. The van der Waals surface area contributed by atoms with Gasteiger partial charge in [-0.2, -0.15) is 0 Å². The highest BCUT2D eigenvalue weighted by Crippen LogP contribution is 2.32. The summed E-state index contributed by atoms with van der Waals surface area (Å²) in [6, 6.07) is 20.0. The number of halogens is 1. The third kappa shape index (κ3) is 5.46. The second-order valence-electron chi connectivity index (χ2n) is 8.63. The number of carbonyl (C=O) groups excluding carboxylic acids is 2. The predicted molar refractivity (Wildman–Crippen MR) is 138 cm³/mol. The van der Waals surface area contributed by atoms with Crippen LogP contribution in [-0.4, -0.2) is 23.2 Å². The average molecular weight is 469 g/mol. The number of nitrogens with one attached hydrogen (secondary N) is 1. The lowest BCUT2D eigenvalue weighted by atomic mass is 9.92. The monoisotopic (exact) mass is 468 g/mol. The van der Waals surface area contributed by atoms with Gasteiger partial charge in [-0.05, 0) is 47.7 Å². The van der Waals surface area contributed by atoms with Crippen molar-refractivity contribution in [2.45, 2.75) is 39.5 Å². The Hall–Kier alpha value is -3.86. The smallest absolute Gasteiger partial charge is 0.251 e. The van der Waals surface area contributed by atoms with E-state index >= 15 is 4.39 Å². The Kier molecular flexibility index (Phi) is 7.66. The van der Waals surface area contributed by atoms with Gasteiger partial charge in [0.05, 0.1) is 5.52 Å². The van der Waals surface area contributed by atoms with E-state index in [1.54, 1.807) is 36.5 Å². The maximum atomic E-state index is 15.2. The Morgan fingerprint density at radius 2 is 1.71 bits per heavy atom. The average Bonchev–Trinajstić information content (AvgIpc) is 2.89. The van der Waals surface area contributed by atoms with Crippen LogP contribution in [0.25, 0.3) is 22.0 Å². The maximum Gasteiger partial charge on any atom is 0.251 e. The molecule has 0 aliphatic heterocycles. The minimum Gasteiger partial charge on any atom is -0.352 e. The summed E-state index contributed by atoms with van der Waals surface area (Å²) in [4.78, 5) is 29.5. The molecule has 0 spiro atoms. The first-order valence-corrected chi connectivity index (χ1v) is 12.1. The van der Waals surface area contributed by atoms with Gasteiger partial charge in [0.15, 0.2) is 5.78 Å². The molecule has 4 nitrogen and oxygen atoms in total. The number of hydrogen-bond donors (Lipinski definition) is 1. The van der Waals surface area contributed by atoms with Crippen molar-refractivity contribution < 1.29 is 14.0 Å². The fraction of sp³-hybridized carbons (Fsp3) is 0.233. The lowest BCUT2D eigenvalue weighted by Gasteiger charge is -2.14. The van der Waals surface area contributed by atoms with Crippen LogP contribution in [0.1, 0.15) is 65.0 Å². The minimum absolute atomic E-state index is 0.00893. The number of ketones is 1. The Morgan fingerprint density at radius 3 is 2.40 bits per heavy atom. The summed E-state index contributed by atoms with van der Waals surface area (Å²) in [5, 5.41) is 3.65. The van der Waals surface area contributed by atoms with Crippen molar-refractivity contribution in [3.05, 3.63) is 101 Å². The van der Waals surface area contributed by atoms with Crippen molar-refractivity contribution in [1.82, 2.24) is 10.3 Å². The summed E-state index contributed by atoms with van der Waals surface area (Å²) >= 11 is 0. The van der Waals surface area contributed by atoms with Crippen LogP contribution in [0.5, 0.6) is 0 Å². The minimum atomic E-state index is -0.398. The highest BCUT2D eigenvalue weighted by molar-refractivity contribution is 6.02. The largest absolute Gasteiger partial charge is 0.352 e. The Morgan fingerprint density at radius 1 is 0.971 bits per heavy atom. The normalized spacial score (nSPS) is 10.9. The topological polar surface area (TPSA) is 59.1 Å². The second kappa shape index (κ2) is 11.0. The van der Waals surface area contributed by atoms with Crippen molar-refractivity contribution in [2.24, 2.45) is 0 Å². The molecule has 178 valence electrons. The summed E-state index contributed by atoms with van der Waals surface area (Å²) < 4.78 is 15.2. The first-order chi connectivity index (χ1) is 17.0. The molecular formula is C30H29FN2O2. The molecule has 0 aliphatic carbocycles. The molecule has 35 heavy (non-hydrogen) atoms. The standard InChI is InChI=1S/C30H29FN2O2/c1-3-5-15-32-30(35)22-13-11-21(12-14-22)23-17-25-24(16-20-9-7-6-8-10-20)26(29(34)4-2)19-33-28(25)18-27(23)31/h6-14,17-19H,3-5,15-16H2,1-2H3,(H,32,35). The van der Waals surface area contributed by atoms with Gasteiger partial charge >= 0.3 is 0 Å². The molecule has 0 fully saturated rings. The summed E-state index contributed by atoms with van der Waals surface area (Å²) in [6.45, 7) is 4.53. The van der Waals surface area contributed by atoms with Gasteiger partial charge in [-0.15, -0.1) is 0 Å². The fourth-order valence-corrected chi connectivity index (χ4v) is 4.19. The van der Waals surface area contributed by atoms with Crippen LogP contribution < -0.4 is 5.32 Å². The quantitative estimate of drug-likeness (QED) is 0.218. The lowest BCUT2D eigenvalue weighted by Crippen LogP contribution is -2.24. The Bertz CT molecular complexity index is 1350. The third-order valence-corrected chi connectivity index (χ3v) is 6.19. The van der Waals surface area contributed by atoms with Gasteiger partial charge in [0.25, 0.3) is 5.91 Å². The van der Waals surface area contributed by atoms with Gasteiger partial charge in [0.1, 0.15) is 5.82 Å². The zero-order valence-corrected chi connectivity index (χ0v) is 20.1. The molecule has 0 bridgehead atoms. The number of benzene rings is 3. The molecule has 0 aliphatic rings. The van der Waals surface area contributed by atoms with Crippen LogP contribution in [-0.2, 0) is 6.42 Å². The maximum absolute atomic E-state index is 15.2. The number of pyridine rings is 1. The summed E-state index contributed by atoms with van der Waals surface area (Å²) in [7, 11) is 0. The molecule has 0 atom stereocenters. The number of hydrogen-bond acceptors (Lipinski definition) is 3. The molecule has 1 N–H and O–H groups in total. The molecule has 0 saturated heterocycles. The number of carbonyl (C=O) groups is 2.